The largest absolute Gasteiger partial charge is 0.401 e. The van der Waals surface area contributed by atoms with Crippen LogP contribution in [0.25, 0.3) is 0 Å². The first kappa shape index (κ1) is 11.2. The van der Waals surface area contributed by atoms with Gasteiger partial charge in [0.1, 0.15) is 0 Å². The van der Waals surface area contributed by atoms with Crippen LogP contribution in [0.4, 0.5) is 13.2 Å². The number of likely N-dealkylation sites (tertiary alicyclic amines) is 1. The summed E-state index contributed by atoms with van der Waals surface area (Å²) in [6.07, 6.45) is -0.245. The van der Waals surface area contributed by atoms with E-state index < -0.39 is 12.7 Å². The number of thioether (sulfide) groups is 1. The van der Waals surface area contributed by atoms with Crippen molar-refractivity contribution in [3.63, 3.8) is 0 Å². The Balaban J connectivity index is 2.25. The van der Waals surface area contributed by atoms with E-state index in [1.165, 1.54) is 4.90 Å². The maximum absolute atomic E-state index is 12.0. The lowest BCUT2D eigenvalue weighted by molar-refractivity contribution is -0.147. The molecule has 0 N–H and O–H groups in total. The highest BCUT2D eigenvalue weighted by Gasteiger charge is 2.32. The zero-order valence-corrected chi connectivity index (χ0v) is 8.42. The molecular weight excluding hydrogens is 199 g/mol. The van der Waals surface area contributed by atoms with Crippen molar-refractivity contribution in [2.45, 2.75) is 24.3 Å². The second kappa shape index (κ2) is 4.55. The van der Waals surface area contributed by atoms with Gasteiger partial charge < -0.3 is 0 Å². The molecule has 0 unspecified atom stereocenters. The highest BCUT2D eigenvalue weighted by molar-refractivity contribution is 7.99. The van der Waals surface area contributed by atoms with Crippen molar-refractivity contribution in [2.75, 3.05) is 25.9 Å². The Kier molecular flexibility index (Phi) is 3.91. The number of nitrogens with zero attached hydrogens (tertiary/aromatic N) is 1. The van der Waals surface area contributed by atoms with Crippen molar-refractivity contribution < 1.29 is 13.2 Å². The van der Waals surface area contributed by atoms with Crippen LogP contribution in [-0.4, -0.2) is 42.2 Å². The van der Waals surface area contributed by atoms with E-state index in [4.69, 9.17) is 0 Å². The molecule has 1 aliphatic rings. The van der Waals surface area contributed by atoms with Crippen LogP contribution in [0.15, 0.2) is 0 Å². The Hall–Kier alpha value is 0.100. The zero-order valence-electron chi connectivity index (χ0n) is 7.60. The molecule has 1 heterocycles. The summed E-state index contributed by atoms with van der Waals surface area (Å²) < 4.78 is 35.9. The van der Waals surface area contributed by atoms with Crippen molar-refractivity contribution in [3.8, 4) is 0 Å². The van der Waals surface area contributed by atoms with Gasteiger partial charge in [-0.3, -0.25) is 4.90 Å². The lowest BCUT2D eigenvalue weighted by Gasteiger charge is -2.31. The smallest absolute Gasteiger partial charge is 0.295 e. The molecule has 0 aromatic carbocycles. The summed E-state index contributed by atoms with van der Waals surface area (Å²) in [6, 6.07) is 0. The van der Waals surface area contributed by atoms with E-state index in [9.17, 15) is 13.2 Å². The lowest BCUT2D eigenvalue weighted by atomic mass is 10.1. The molecule has 0 aliphatic carbocycles. The first-order valence-electron chi connectivity index (χ1n) is 4.33. The third-order valence-corrected chi connectivity index (χ3v) is 3.41. The van der Waals surface area contributed by atoms with Gasteiger partial charge in [0.25, 0.3) is 0 Å². The molecule has 78 valence electrons. The first-order valence-corrected chi connectivity index (χ1v) is 5.62. The van der Waals surface area contributed by atoms with Gasteiger partial charge >= 0.3 is 6.18 Å². The molecule has 0 amide bonds. The average molecular weight is 213 g/mol. The van der Waals surface area contributed by atoms with Gasteiger partial charge in [-0.25, -0.2) is 0 Å². The summed E-state index contributed by atoms with van der Waals surface area (Å²) >= 11 is 1.76. The molecule has 0 bridgehead atoms. The third kappa shape index (κ3) is 4.22. The van der Waals surface area contributed by atoms with E-state index in [1.807, 2.05) is 6.26 Å². The van der Waals surface area contributed by atoms with Gasteiger partial charge in [0.2, 0.25) is 0 Å². The third-order valence-electron chi connectivity index (χ3n) is 2.27. The molecular formula is C8H14F3NS. The fourth-order valence-electron chi connectivity index (χ4n) is 1.56. The predicted octanol–water partition coefficient (Wildman–Crippen LogP) is 2.38. The minimum Gasteiger partial charge on any atom is -0.295 e. The van der Waals surface area contributed by atoms with Crippen molar-refractivity contribution in [1.29, 1.82) is 0 Å². The standard InChI is InChI=1S/C8H14F3NS/c1-13-7-2-4-12(5-3-7)6-8(9,10)11/h7H,2-6H2,1H3. The Labute approximate surface area is 80.7 Å². The molecule has 1 nitrogen and oxygen atoms in total. The highest BCUT2D eigenvalue weighted by atomic mass is 32.2. The maximum atomic E-state index is 12.0. The second-order valence-corrected chi connectivity index (χ2v) is 4.46. The Morgan fingerprint density at radius 1 is 1.31 bits per heavy atom. The Morgan fingerprint density at radius 3 is 2.23 bits per heavy atom. The highest BCUT2D eigenvalue weighted by Crippen LogP contribution is 2.24. The van der Waals surface area contributed by atoms with Gasteiger partial charge in [-0.1, -0.05) is 0 Å². The summed E-state index contributed by atoms with van der Waals surface area (Å²) in [7, 11) is 0. The predicted molar refractivity (Wildman–Crippen MR) is 49.0 cm³/mol. The molecule has 0 saturated carbocycles. The van der Waals surface area contributed by atoms with Gasteiger partial charge in [0.15, 0.2) is 0 Å². The maximum Gasteiger partial charge on any atom is 0.401 e. The lowest BCUT2D eigenvalue weighted by Crippen LogP contribution is -2.40. The van der Waals surface area contributed by atoms with E-state index in [1.54, 1.807) is 11.8 Å². The summed E-state index contributed by atoms with van der Waals surface area (Å²) in [5.41, 5.74) is 0. The van der Waals surface area contributed by atoms with Crippen LogP contribution in [-0.2, 0) is 0 Å². The van der Waals surface area contributed by atoms with Gasteiger partial charge in [-0.05, 0) is 32.2 Å². The average Bonchev–Trinajstić information content (AvgIpc) is 2.03. The van der Waals surface area contributed by atoms with Gasteiger partial charge in [0.05, 0.1) is 6.54 Å². The van der Waals surface area contributed by atoms with Crippen LogP contribution in [0.5, 0.6) is 0 Å². The van der Waals surface area contributed by atoms with Gasteiger partial charge in [-0.15, -0.1) is 0 Å². The van der Waals surface area contributed by atoms with Crippen molar-refractivity contribution in [2.24, 2.45) is 0 Å². The molecule has 1 fully saturated rings. The normalized spacial score (nSPS) is 22.2. The number of halogens is 3. The summed E-state index contributed by atoms with van der Waals surface area (Å²) in [4.78, 5) is 1.49. The van der Waals surface area contributed by atoms with Crippen molar-refractivity contribution in [3.05, 3.63) is 0 Å². The molecule has 0 spiro atoms. The van der Waals surface area contributed by atoms with E-state index >= 15 is 0 Å². The zero-order chi connectivity index (χ0) is 9.90. The number of rotatable bonds is 2. The number of piperidine rings is 1. The molecule has 1 aliphatic heterocycles. The van der Waals surface area contributed by atoms with E-state index in [-0.39, 0.29) is 0 Å². The molecule has 0 aromatic rings. The topological polar surface area (TPSA) is 3.24 Å². The molecule has 0 atom stereocenters. The Bertz CT molecular complexity index is 152. The fourth-order valence-corrected chi connectivity index (χ4v) is 2.24. The SMILES string of the molecule is CSC1CCN(CC(F)(F)F)CC1. The molecule has 5 heteroatoms. The monoisotopic (exact) mass is 213 g/mol. The van der Waals surface area contributed by atoms with E-state index in [0.29, 0.717) is 18.3 Å². The quantitative estimate of drug-likeness (QED) is 0.693. The van der Waals surface area contributed by atoms with Crippen LogP contribution in [0.2, 0.25) is 0 Å². The van der Waals surface area contributed by atoms with Crippen LogP contribution < -0.4 is 0 Å². The first-order chi connectivity index (χ1) is 6.01. The Morgan fingerprint density at radius 2 is 1.85 bits per heavy atom. The van der Waals surface area contributed by atoms with E-state index in [2.05, 4.69) is 0 Å². The van der Waals surface area contributed by atoms with E-state index in [0.717, 1.165) is 12.8 Å². The summed E-state index contributed by atoms with van der Waals surface area (Å²) in [6.45, 7) is 0.435. The van der Waals surface area contributed by atoms with Gasteiger partial charge in [-0.2, -0.15) is 24.9 Å². The molecule has 0 aromatic heterocycles. The molecule has 1 saturated heterocycles. The van der Waals surface area contributed by atoms with Crippen LogP contribution in [0.1, 0.15) is 12.8 Å². The van der Waals surface area contributed by atoms with Crippen molar-refractivity contribution >= 4 is 11.8 Å². The van der Waals surface area contributed by atoms with Gasteiger partial charge in [0, 0.05) is 5.25 Å². The van der Waals surface area contributed by atoms with Crippen LogP contribution in [0.3, 0.4) is 0 Å². The summed E-state index contributed by atoms with van der Waals surface area (Å²) in [5.74, 6) is 0. The number of hydrogen-bond acceptors (Lipinski definition) is 2. The summed E-state index contributed by atoms with van der Waals surface area (Å²) in [5, 5.41) is 0.560. The minimum absolute atomic E-state index is 0.560. The van der Waals surface area contributed by atoms with Crippen LogP contribution >= 0.6 is 11.8 Å². The van der Waals surface area contributed by atoms with Crippen LogP contribution in [0, 0.1) is 0 Å². The fraction of sp³-hybridized carbons (Fsp3) is 1.00. The second-order valence-electron chi connectivity index (χ2n) is 3.33. The molecule has 13 heavy (non-hydrogen) atoms. The number of hydrogen-bond donors (Lipinski definition) is 0. The van der Waals surface area contributed by atoms with Crippen molar-refractivity contribution in [1.82, 2.24) is 4.90 Å². The molecule has 0 radical (unpaired) electrons. The number of alkyl halides is 3. The molecule has 1 rings (SSSR count). The minimum atomic E-state index is -4.04.